The van der Waals surface area contributed by atoms with Crippen LogP contribution in [-0.2, 0) is 0 Å². The average molecular weight is 543 g/mol. The van der Waals surface area contributed by atoms with Crippen LogP contribution in [0.3, 0.4) is 0 Å². The fourth-order valence-electron chi connectivity index (χ4n) is 3.96. The van der Waals surface area contributed by atoms with Crippen molar-refractivity contribution in [2.75, 3.05) is 43.5 Å². The third-order valence-electron chi connectivity index (χ3n) is 5.78. The summed E-state index contributed by atoms with van der Waals surface area (Å²) in [5, 5.41) is 6.96. The SMILES string of the molecule is COc1ccc(Cl)cc1C(=O)NC(=S)Nc1ccccc1N1CCN(C(=O)c2ccc(Cl)cc2)CC1. The van der Waals surface area contributed by atoms with Crippen LogP contribution in [-0.4, -0.2) is 55.1 Å². The van der Waals surface area contributed by atoms with Gasteiger partial charge in [0.15, 0.2) is 5.11 Å². The molecule has 4 rings (SSSR count). The predicted molar refractivity (Wildman–Crippen MR) is 148 cm³/mol. The van der Waals surface area contributed by atoms with E-state index in [0.29, 0.717) is 47.5 Å². The highest BCUT2D eigenvalue weighted by Crippen LogP contribution is 2.27. The molecular weight excluding hydrogens is 519 g/mol. The number of nitrogens with one attached hydrogen (secondary N) is 2. The minimum absolute atomic E-state index is 0.0157. The molecule has 1 fully saturated rings. The van der Waals surface area contributed by atoms with Crippen molar-refractivity contribution in [1.82, 2.24) is 10.2 Å². The molecule has 2 amide bonds. The molecule has 186 valence electrons. The van der Waals surface area contributed by atoms with Gasteiger partial charge in [0, 0.05) is 41.8 Å². The van der Waals surface area contributed by atoms with Crippen LogP contribution in [0, 0.1) is 0 Å². The van der Waals surface area contributed by atoms with E-state index in [1.807, 2.05) is 29.2 Å². The first-order valence-corrected chi connectivity index (χ1v) is 12.4. The number of rotatable bonds is 5. The summed E-state index contributed by atoms with van der Waals surface area (Å²) in [6.07, 6.45) is 0. The standard InChI is InChI=1S/C26H24Cl2N4O3S/c1-35-23-11-10-19(28)16-20(23)24(33)30-26(36)29-21-4-2-3-5-22(21)31-12-14-32(15-13-31)25(34)17-6-8-18(27)9-7-17/h2-11,16H,12-15H2,1H3,(H2,29,30,33,36). The first-order chi connectivity index (χ1) is 17.4. The summed E-state index contributed by atoms with van der Waals surface area (Å²) >= 11 is 17.4. The smallest absolute Gasteiger partial charge is 0.261 e. The zero-order valence-electron chi connectivity index (χ0n) is 19.5. The Morgan fingerprint density at radius 2 is 1.58 bits per heavy atom. The van der Waals surface area contributed by atoms with Gasteiger partial charge in [-0.05, 0) is 66.8 Å². The highest BCUT2D eigenvalue weighted by Gasteiger charge is 2.24. The van der Waals surface area contributed by atoms with E-state index < -0.39 is 5.91 Å². The van der Waals surface area contributed by atoms with Gasteiger partial charge in [-0.3, -0.25) is 14.9 Å². The molecule has 1 saturated heterocycles. The summed E-state index contributed by atoms with van der Waals surface area (Å²) < 4.78 is 5.25. The minimum Gasteiger partial charge on any atom is -0.496 e. The number of para-hydroxylation sites is 2. The number of methoxy groups -OCH3 is 1. The molecule has 1 aliphatic heterocycles. The Balaban J connectivity index is 1.39. The molecule has 10 heteroatoms. The molecular formula is C26H24Cl2N4O3S. The molecule has 0 spiro atoms. The largest absolute Gasteiger partial charge is 0.496 e. The van der Waals surface area contributed by atoms with E-state index in [9.17, 15) is 9.59 Å². The van der Waals surface area contributed by atoms with Crippen LogP contribution < -0.4 is 20.3 Å². The van der Waals surface area contributed by atoms with E-state index in [4.69, 9.17) is 40.2 Å². The van der Waals surface area contributed by atoms with Crippen LogP contribution in [0.2, 0.25) is 10.0 Å². The molecule has 3 aromatic rings. The summed E-state index contributed by atoms with van der Waals surface area (Å²) in [4.78, 5) is 29.6. The van der Waals surface area contributed by atoms with Gasteiger partial charge < -0.3 is 19.9 Å². The van der Waals surface area contributed by atoms with Gasteiger partial charge in [0.1, 0.15) is 5.75 Å². The Bertz CT molecular complexity index is 1280. The Morgan fingerprint density at radius 1 is 0.917 bits per heavy atom. The van der Waals surface area contributed by atoms with Crippen LogP contribution in [0.25, 0.3) is 0 Å². The second kappa shape index (κ2) is 11.6. The first-order valence-electron chi connectivity index (χ1n) is 11.2. The molecule has 0 atom stereocenters. The quantitative estimate of drug-likeness (QED) is 0.437. The maximum Gasteiger partial charge on any atom is 0.261 e. The molecule has 1 heterocycles. The monoisotopic (exact) mass is 542 g/mol. The summed E-state index contributed by atoms with van der Waals surface area (Å²) in [6, 6.07) is 19.4. The minimum atomic E-state index is -0.432. The van der Waals surface area contributed by atoms with Gasteiger partial charge in [0.05, 0.1) is 24.0 Å². The lowest BCUT2D eigenvalue weighted by Gasteiger charge is -2.37. The van der Waals surface area contributed by atoms with Gasteiger partial charge in [0.2, 0.25) is 0 Å². The molecule has 3 aromatic carbocycles. The predicted octanol–water partition coefficient (Wildman–Crippen LogP) is 5.09. The van der Waals surface area contributed by atoms with Crippen LogP contribution in [0.4, 0.5) is 11.4 Å². The highest BCUT2D eigenvalue weighted by atomic mass is 35.5. The molecule has 0 saturated carbocycles. The van der Waals surface area contributed by atoms with Gasteiger partial charge in [-0.15, -0.1) is 0 Å². The van der Waals surface area contributed by atoms with Crippen LogP contribution in [0.15, 0.2) is 66.7 Å². The van der Waals surface area contributed by atoms with Crippen molar-refractivity contribution >= 4 is 63.7 Å². The number of anilines is 2. The van der Waals surface area contributed by atoms with Crippen LogP contribution in [0.5, 0.6) is 5.75 Å². The topological polar surface area (TPSA) is 73.9 Å². The van der Waals surface area contributed by atoms with Crippen LogP contribution in [0.1, 0.15) is 20.7 Å². The molecule has 36 heavy (non-hydrogen) atoms. The number of piperazine rings is 1. The van der Waals surface area contributed by atoms with E-state index in [-0.39, 0.29) is 16.6 Å². The Hall–Kier alpha value is -3.33. The Kier molecular flexibility index (Phi) is 8.30. The van der Waals surface area contributed by atoms with Crippen molar-refractivity contribution in [1.29, 1.82) is 0 Å². The number of nitrogens with zero attached hydrogens (tertiary/aromatic N) is 2. The third kappa shape index (κ3) is 6.07. The molecule has 0 unspecified atom stereocenters. The van der Waals surface area contributed by atoms with Crippen molar-refractivity contribution in [3.05, 3.63) is 87.9 Å². The average Bonchev–Trinajstić information content (AvgIpc) is 2.89. The third-order valence-corrected chi connectivity index (χ3v) is 6.48. The molecule has 0 radical (unpaired) electrons. The van der Waals surface area contributed by atoms with Crippen LogP contribution >= 0.6 is 35.4 Å². The second-order valence-corrected chi connectivity index (χ2v) is 9.34. The normalized spacial score (nSPS) is 13.2. The highest BCUT2D eigenvalue weighted by molar-refractivity contribution is 7.80. The van der Waals surface area contributed by atoms with Gasteiger partial charge in [0.25, 0.3) is 11.8 Å². The number of hydrogen-bond acceptors (Lipinski definition) is 5. The first kappa shape index (κ1) is 25.8. The number of ether oxygens (including phenoxy) is 1. The number of thiocarbonyl (C=S) groups is 1. The summed E-state index contributed by atoms with van der Waals surface area (Å²) in [5.41, 5.74) is 2.57. The van der Waals surface area contributed by atoms with Gasteiger partial charge in [-0.2, -0.15) is 0 Å². The van der Waals surface area contributed by atoms with Gasteiger partial charge in [-0.1, -0.05) is 35.3 Å². The number of amides is 2. The van der Waals surface area contributed by atoms with Crippen molar-refractivity contribution in [2.24, 2.45) is 0 Å². The fourth-order valence-corrected chi connectivity index (χ4v) is 4.46. The number of benzene rings is 3. The lowest BCUT2D eigenvalue weighted by atomic mass is 10.1. The van der Waals surface area contributed by atoms with E-state index >= 15 is 0 Å². The van der Waals surface area contributed by atoms with Gasteiger partial charge in [-0.25, -0.2) is 0 Å². The lowest BCUT2D eigenvalue weighted by molar-refractivity contribution is 0.0746. The number of hydrogen-bond donors (Lipinski definition) is 2. The molecule has 7 nitrogen and oxygen atoms in total. The van der Waals surface area contributed by atoms with Crippen molar-refractivity contribution in [2.45, 2.75) is 0 Å². The number of halogens is 2. The number of carbonyl (C=O) groups is 2. The lowest BCUT2D eigenvalue weighted by Crippen LogP contribution is -2.49. The maximum atomic E-state index is 12.8. The summed E-state index contributed by atoms with van der Waals surface area (Å²) in [5.74, 6) is -0.0529. The molecule has 2 N–H and O–H groups in total. The van der Waals surface area contributed by atoms with E-state index in [1.54, 1.807) is 36.4 Å². The van der Waals surface area contributed by atoms with E-state index in [0.717, 1.165) is 11.4 Å². The fraction of sp³-hybridized carbons (Fsp3) is 0.192. The summed E-state index contributed by atoms with van der Waals surface area (Å²) in [7, 11) is 1.48. The molecule has 1 aliphatic rings. The Morgan fingerprint density at radius 3 is 2.28 bits per heavy atom. The van der Waals surface area contributed by atoms with Crippen molar-refractivity contribution in [3.8, 4) is 5.75 Å². The summed E-state index contributed by atoms with van der Waals surface area (Å²) in [6.45, 7) is 2.45. The zero-order chi connectivity index (χ0) is 25.7. The Labute approximate surface area is 224 Å². The molecule has 0 bridgehead atoms. The number of carbonyl (C=O) groups excluding carboxylic acids is 2. The molecule has 0 aliphatic carbocycles. The van der Waals surface area contributed by atoms with Gasteiger partial charge >= 0.3 is 0 Å². The van der Waals surface area contributed by atoms with E-state index in [2.05, 4.69) is 15.5 Å². The van der Waals surface area contributed by atoms with Crippen molar-refractivity contribution in [3.63, 3.8) is 0 Å². The van der Waals surface area contributed by atoms with E-state index in [1.165, 1.54) is 13.2 Å². The second-order valence-electron chi connectivity index (χ2n) is 8.06. The maximum absolute atomic E-state index is 12.8. The zero-order valence-corrected chi connectivity index (χ0v) is 21.8. The molecule has 0 aromatic heterocycles. The van der Waals surface area contributed by atoms with Crippen molar-refractivity contribution < 1.29 is 14.3 Å².